The summed E-state index contributed by atoms with van der Waals surface area (Å²) in [5.41, 5.74) is 4.62. The number of rotatable bonds is 3. The van der Waals surface area contributed by atoms with Gasteiger partial charge in [0.25, 0.3) is 0 Å². The van der Waals surface area contributed by atoms with Gasteiger partial charge in [0.05, 0.1) is 16.9 Å². The van der Waals surface area contributed by atoms with Crippen LogP contribution in [-0.4, -0.2) is 19.9 Å². The summed E-state index contributed by atoms with van der Waals surface area (Å²) < 4.78 is 0. The van der Waals surface area contributed by atoms with Gasteiger partial charge in [-0.1, -0.05) is 48.5 Å². The van der Waals surface area contributed by atoms with Crippen molar-refractivity contribution in [2.75, 3.05) is 5.32 Å². The Morgan fingerprint density at radius 2 is 1.44 bits per heavy atom. The maximum atomic E-state index is 4.61. The second kappa shape index (κ2) is 6.28. The molecule has 5 heteroatoms. The van der Waals surface area contributed by atoms with Crippen molar-refractivity contribution >= 4 is 22.8 Å². The molecule has 1 N–H and O–H groups in total. The second-order valence-electron chi connectivity index (χ2n) is 5.86. The van der Waals surface area contributed by atoms with E-state index >= 15 is 0 Å². The highest BCUT2D eigenvalue weighted by Crippen LogP contribution is 2.21. The van der Waals surface area contributed by atoms with E-state index in [1.165, 1.54) is 0 Å². The van der Waals surface area contributed by atoms with Gasteiger partial charge in [0.15, 0.2) is 0 Å². The van der Waals surface area contributed by atoms with Gasteiger partial charge in [-0.3, -0.25) is 5.32 Å². The summed E-state index contributed by atoms with van der Waals surface area (Å²) >= 11 is 0. The Morgan fingerprint density at radius 1 is 0.720 bits per heavy atom. The normalized spacial score (nSPS) is 10.8. The van der Waals surface area contributed by atoms with Gasteiger partial charge in [0, 0.05) is 16.6 Å². The van der Waals surface area contributed by atoms with E-state index in [1.54, 1.807) is 0 Å². The summed E-state index contributed by atoms with van der Waals surface area (Å²) in [4.78, 5) is 18.2. The van der Waals surface area contributed by atoms with Crippen LogP contribution in [0.2, 0.25) is 0 Å². The molecule has 0 atom stereocenters. The molecule has 0 bridgehead atoms. The summed E-state index contributed by atoms with van der Waals surface area (Å²) in [6.07, 6.45) is 0. The summed E-state index contributed by atoms with van der Waals surface area (Å²) in [6.45, 7) is 3.92. The summed E-state index contributed by atoms with van der Waals surface area (Å²) in [6, 6.07) is 20.0. The molecular weight excluding hydrogens is 310 g/mol. The third-order valence-electron chi connectivity index (χ3n) is 3.94. The zero-order chi connectivity index (χ0) is 17.2. The van der Waals surface area contributed by atoms with Gasteiger partial charge in [-0.15, -0.1) is 0 Å². The minimum atomic E-state index is 0.494. The molecule has 2 aromatic heterocycles. The van der Waals surface area contributed by atoms with Crippen LogP contribution < -0.4 is 5.32 Å². The first-order valence-electron chi connectivity index (χ1n) is 8.10. The first-order chi connectivity index (χ1) is 12.2. The fourth-order valence-electron chi connectivity index (χ4n) is 2.77. The number of aromatic nitrogens is 4. The van der Waals surface area contributed by atoms with Crippen LogP contribution in [0.15, 0.2) is 60.7 Å². The molecule has 0 amide bonds. The summed E-state index contributed by atoms with van der Waals surface area (Å²) in [5, 5.41) is 4.19. The topological polar surface area (TPSA) is 63.6 Å². The maximum Gasteiger partial charge on any atom is 0.230 e. The second-order valence-corrected chi connectivity index (χ2v) is 5.86. The lowest BCUT2D eigenvalue weighted by atomic mass is 10.1. The lowest BCUT2D eigenvalue weighted by molar-refractivity contribution is 1.07. The fraction of sp³-hybridized carbons (Fsp3) is 0.100. The Morgan fingerprint density at radius 3 is 2.28 bits per heavy atom. The first kappa shape index (κ1) is 15.2. The van der Waals surface area contributed by atoms with Gasteiger partial charge in [0.2, 0.25) is 11.9 Å². The zero-order valence-electron chi connectivity index (χ0n) is 14.1. The molecule has 4 rings (SSSR count). The zero-order valence-corrected chi connectivity index (χ0v) is 14.1. The van der Waals surface area contributed by atoms with Crippen LogP contribution in [0.5, 0.6) is 0 Å². The van der Waals surface area contributed by atoms with Crippen LogP contribution in [0.3, 0.4) is 0 Å². The fourth-order valence-corrected chi connectivity index (χ4v) is 2.77. The quantitative estimate of drug-likeness (QED) is 0.602. The molecule has 4 aromatic rings. The van der Waals surface area contributed by atoms with Crippen molar-refractivity contribution < 1.29 is 0 Å². The average Bonchev–Trinajstić information content (AvgIpc) is 2.62. The van der Waals surface area contributed by atoms with Crippen molar-refractivity contribution in [3.8, 4) is 11.3 Å². The maximum absolute atomic E-state index is 4.61. The summed E-state index contributed by atoms with van der Waals surface area (Å²) in [5.74, 6) is 0.995. The first-order valence-corrected chi connectivity index (χ1v) is 8.10. The highest BCUT2D eigenvalue weighted by molar-refractivity contribution is 5.81. The van der Waals surface area contributed by atoms with Crippen LogP contribution in [0.25, 0.3) is 22.2 Å². The number of fused-ring (bicyclic) bond motifs is 1. The van der Waals surface area contributed by atoms with Crippen LogP contribution in [-0.2, 0) is 0 Å². The Hall–Kier alpha value is -3.34. The van der Waals surface area contributed by atoms with E-state index in [-0.39, 0.29) is 0 Å². The standard InChI is InChI=1S/C20H17N5/c1-13-12-18(15-8-4-3-5-9-15)24-19(21-13)25-20-22-14(2)16-10-6-7-11-17(16)23-20/h3-12H,1-2H3,(H,21,22,23,24,25). The molecule has 25 heavy (non-hydrogen) atoms. The average molecular weight is 327 g/mol. The third kappa shape index (κ3) is 3.17. The Bertz CT molecular complexity index is 1040. The Kier molecular flexibility index (Phi) is 3.82. The van der Waals surface area contributed by atoms with E-state index in [1.807, 2.05) is 74.5 Å². The molecule has 0 radical (unpaired) electrons. The van der Waals surface area contributed by atoms with Gasteiger partial charge < -0.3 is 0 Å². The van der Waals surface area contributed by atoms with Crippen LogP contribution >= 0.6 is 0 Å². The van der Waals surface area contributed by atoms with Gasteiger partial charge in [-0.25, -0.2) is 19.9 Å². The number of nitrogens with one attached hydrogen (secondary N) is 1. The number of hydrogen-bond acceptors (Lipinski definition) is 5. The number of benzene rings is 2. The number of anilines is 2. The van der Waals surface area contributed by atoms with Crippen molar-refractivity contribution in [2.24, 2.45) is 0 Å². The van der Waals surface area contributed by atoms with Gasteiger partial charge in [-0.05, 0) is 26.0 Å². The van der Waals surface area contributed by atoms with E-state index in [4.69, 9.17) is 0 Å². The molecule has 0 aliphatic heterocycles. The Labute approximate surface area is 145 Å². The van der Waals surface area contributed by atoms with Gasteiger partial charge in [-0.2, -0.15) is 0 Å². The van der Waals surface area contributed by atoms with Crippen molar-refractivity contribution in [2.45, 2.75) is 13.8 Å². The molecule has 0 saturated carbocycles. The van der Waals surface area contributed by atoms with Crippen LogP contribution in [0.4, 0.5) is 11.9 Å². The molecule has 122 valence electrons. The van der Waals surface area contributed by atoms with E-state index in [0.717, 1.165) is 33.5 Å². The number of nitrogens with zero attached hydrogens (tertiary/aromatic N) is 4. The van der Waals surface area contributed by atoms with Crippen LogP contribution in [0, 0.1) is 13.8 Å². The molecule has 0 saturated heterocycles. The molecule has 0 aliphatic rings. The predicted octanol–water partition coefficient (Wildman–Crippen LogP) is 4.45. The SMILES string of the molecule is Cc1cc(-c2ccccc2)nc(Nc2nc(C)c3ccccc3n2)n1. The van der Waals surface area contributed by atoms with E-state index < -0.39 is 0 Å². The highest BCUT2D eigenvalue weighted by atomic mass is 15.2. The molecule has 0 aliphatic carbocycles. The molecule has 0 unspecified atom stereocenters. The van der Waals surface area contributed by atoms with Crippen molar-refractivity contribution in [3.05, 3.63) is 72.1 Å². The molecular formula is C20H17N5. The number of hydrogen-bond donors (Lipinski definition) is 1. The minimum Gasteiger partial charge on any atom is -0.293 e. The van der Waals surface area contributed by atoms with Gasteiger partial charge in [0.1, 0.15) is 0 Å². The van der Waals surface area contributed by atoms with Crippen LogP contribution in [0.1, 0.15) is 11.4 Å². The lowest BCUT2D eigenvalue weighted by Gasteiger charge is -2.09. The molecule has 2 heterocycles. The number of aryl methyl sites for hydroxylation is 2. The molecule has 2 aromatic carbocycles. The number of para-hydroxylation sites is 1. The third-order valence-corrected chi connectivity index (χ3v) is 3.94. The largest absolute Gasteiger partial charge is 0.293 e. The minimum absolute atomic E-state index is 0.494. The van der Waals surface area contributed by atoms with Crippen molar-refractivity contribution in [3.63, 3.8) is 0 Å². The smallest absolute Gasteiger partial charge is 0.230 e. The molecule has 0 spiro atoms. The lowest BCUT2D eigenvalue weighted by Crippen LogP contribution is -2.04. The van der Waals surface area contributed by atoms with E-state index in [0.29, 0.717) is 11.9 Å². The predicted molar refractivity (Wildman–Crippen MR) is 99.8 cm³/mol. The molecule has 0 fully saturated rings. The highest BCUT2D eigenvalue weighted by Gasteiger charge is 2.08. The summed E-state index contributed by atoms with van der Waals surface area (Å²) in [7, 11) is 0. The molecule has 5 nitrogen and oxygen atoms in total. The monoisotopic (exact) mass is 327 g/mol. The van der Waals surface area contributed by atoms with E-state index in [2.05, 4.69) is 25.3 Å². The van der Waals surface area contributed by atoms with Gasteiger partial charge >= 0.3 is 0 Å². The Balaban J connectivity index is 1.73. The van der Waals surface area contributed by atoms with E-state index in [9.17, 15) is 0 Å². The van der Waals surface area contributed by atoms with Crippen molar-refractivity contribution in [1.29, 1.82) is 0 Å². The van der Waals surface area contributed by atoms with Crippen molar-refractivity contribution in [1.82, 2.24) is 19.9 Å².